The lowest BCUT2D eigenvalue weighted by Gasteiger charge is -2.27. The molecule has 156 valence electrons. The van der Waals surface area contributed by atoms with E-state index in [1.165, 1.54) is 22.8 Å². The largest absolute Gasteiger partial charge is 0.497 e. The molecular formula is C21H20N2O5S2. The maximum atomic E-state index is 13.5. The summed E-state index contributed by atoms with van der Waals surface area (Å²) in [6.45, 7) is 0.274. The fraction of sp³-hybridized carbons (Fsp3) is 0.190. The lowest BCUT2D eigenvalue weighted by atomic mass is 10.1. The topological polar surface area (TPSA) is 84.9 Å². The van der Waals surface area contributed by atoms with Crippen LogP contribution in [0, 0.1) is 0 Å². The van der Waals surface area contributed by atoms with Gasteiger partial charge in [-0.25, -0.2) is 8.42 Å². The van der Waals surface area contributed by atoms with Crippen LogP contribution in [0.5, 0.6) is 17.2 Å². The van der Waals surface area contributed by atoms with Gasteiger partial charge in [-0.2, -0.15) is 4.31 Å². The Morgan fingerprint density at radius 1 is 1.10 bits per heavy atom. The van der Waals surface area contributed by atoms with Crippen molar-refractivity contribution in [3.63, 3.8) is 0 Å². The van der Waals surface area contributed by atoms with Gasteiger partial charge < -0.3 is 14.8 Å². The minimum absolute atomic E-state index is 0.0973. The zero-order chi connectivity index (χ0) is 21.3. The van der Waals surface area contributed by atoms with Gasteiger partial charge in [0.1, 0.15) is 17.2 Å². The highest BCUT2D eigenvalue weighted by molar-refractivity contribution is 7.89. The molecule has 3 aromatic rings. The zero-order valence-electron chi connectivity index (χ0n) is 16.4. The first-order valence-corrected chi connectivity index (χ1v) is 11.5. The molecule has 2 heterocycles. The number of methoxy groups -OCH3 is 1. The van der Waals surface area contributed by atoms with Gasteiger partial charge >= 0.3 is 0 Å². The van der Waals surface area contributed by atoms with Crippen molar-refractivity contribution < 1.29 is 22.7 Å². The van der Waals surface area contributed by atoms with Gasteiger partial charge in [-0.05, 0) is 18.2 Å². The molecule has 1 amide bonds. The van der Waals surface area contributed by atoms with Gasteiger partial charge in [0.05, 0.1) is 16.9 Å². The lowest BCUT2D eigenvalue weighted by Crippen LogP contribution is -2.31. The summed E-state index contributed by atoms with van der Waals surface area (Å²) in [5, 5.41) is 4.01. The molecule has 7 nitrogen and oxygen atoms in total. The Hall–Kier alpha value is -2.88. The second-order valence-corrected chi connectivity index (χ2v) is 9.53. The summed E-state index contributed by atoms with van der Waals surface area (Å²) in [4.78, 5) is 12.3. The van der Waals surface area contributed by atoms with Crippen molar-refractivity contribution in [1.82, 2.24) is 9.62 Å². The quantitative estimate of drug-likeness (QED) is 0.665. The van der Waals surface area contributed by atoms with Crippen LogP contribution < -0.4 is 14.8 Å². The summed E-state index contributed by atoms with van der Waals surface area (Å²) in [6, 6.07) is 14.1. The zero-order valence-corrected chi connectivity index (χ0v) is 18.0. The van der Waals surface area contributed by atoms with Gasteiger partial charge in [0.15, 0.2) is 0 Å². The SMILES string of the molecule is CNC(=O)c1cc(S(=O)(=O)N2Cc3ccccc3Oc3cc(OC)ccc3C2)cs1. The third kappa shape index (κ3) is 3.79. The van der Waals surface area contributed by atoms with E-state index in [0.717, 1.165) is 22.5 Å². The first-order valence-electron chi connectivity index (χ1n) is 9.16. The summed E-state index contributed by atoms with van der Waals surface area (Å²) in [6.07, 6.45) is 0. The van der Waals surface area contributed by atoms with Crippen LogP contribution in [0.3, 0.4) is 0 Å². The Balaban J connectivity index is 1.79. The van der Waals surface area contributed by atoms with Crippen LogP contribution in [-0.2, 0) is 23.1 Å². The number of carbonyl (C=O) groups is 1. The number of hydrogen-bond acceptors (Lipinski definition) is 6. The van der Waals surface area contributed by atoms with Crippen molar-refractivity contribution in [1.29, 1.82) is 0 Å². The molecule has 0 fully saturated rings. The van der Waals surface area contributed by atoms with E-state index >= 15 is 0 Å². The maximum absolute atomic E-state index is 13.5. The average Bonchev–Trinajstić information content (AvgIpc) is 3.24. The Morgan fingerprint density at radius 3 is 2.57 bits per heavy atom. The van der Waals surface area contributed by atoms with Crippen molar-refractivity contribution in [3.05, 3.63) is 69.9 Å². The Morgan fingerprint density at radius 2 is 1.83 bits per heavy atom. The summed E-state index contributed by atoms with van der Waals surface area (Å²) < 4.78 is 39.7. The van der Waals surface area contributed by atoms with Crippen LogP contribution in [0.4, 0.5) is 0 Å². The van der Waals surface area contributed by atoms with E-state index < -0.39 is 10.0 Å². The number of rotatable bonds is 4. The van der Waals surface area contributed by atoms with Gasteiger partial charge in [0.2, 0.25) is 10.0 Å². The second-order valence-electron chi connectivity index (χ2n) is 6.68. The van der Waals surface area contributed by atoms with E-state index in [1.54, 1.807) is 25.3 Å². The monoisotopic (exact) mass is 444 g/mol. The lowest BCUT2D eigenvalue weighted by molar-refractivity contribution is 0.0967. The van der Waals surface area contributed by atoms with Gasteiger partial charge in [0, 0.05) is 42.7 Å². The van der Waals surface area contributed by atoms with Crippen LogP contribution >= 0.6 is 11.3 Å². The molecule has 1 aromatic heterocycles. The summed E-state index contributed by atoms with van der Waals surface area (Å²) in [5.41, 5.74) is 1.46. The number of ether oxygens (including phenoxy) is 2. The van der Waals surface area contributed by atoms with Crippen LogP contribution in [0.15, 0.2) is 58.8 Å². The van der Waals surface area contributed by atoms with E-state index in [9.17, 15) is 13.2 Å². The first-order chi connectivity index (χ1) is 14.4. The van der Waals surface area contributed by atoms with E-state index in [-0.39, 0.29) is 23.9 Å². The number of nitrogens with zero attached hydrogens (tertiary/aromatic N) is 1. The molecule has 0 saturated heterocycles. The van der Waals surface area contributed by atoms with E-state index in [4.69, 9.17) is 9.47 Å². The van der Waals surface area contributed by atoms with E-state index in [0.29, 0.717) is 22.1 Å². The summed E-state index contributed by atoms with van der Waals surface area (Å²) in [5.74, 6) is 1.43. The van der Waals surface area contributed by atoms with Gasteiger partial charge in [-0.15, -0.1) is 11.3 Å². The summed E-state index contributed by atoms with van der Waals surface area (Å²) in [7, 11) is -0.771. The molecule has 0 unspecified atom stereocenters. The predicted octanol–water partition coefficient (Wildman–Crippen LogP) is 3.61. The van der Waals surface area contributed by atoms with Crippen LogP contribution in [-0.4, -0.2) is 32.8 Å². The fourth-order valence-electron chi connectivity index (χ4n) is 3.19. The maximum Gasteiger partial charge on any atom is 0.261 e. The van der Waals surface area contributed by atoms with E-state index in [2.05, 4.69) is 5.32 Å². The molecule has 9 heteroatoms. The number of thiophene rings is 1. The Bertz CT molecular complexity index is 1200. The van der Waals surface area contributed by atoms with Crippen molar-refractivity contribution >= 4 is 27.3 Å². The molecule has 0 radical (unpaired) electrons. The van der Waals surface area contributed by atoms with Crippen LogP contribution in [0.2, 0.25) is 0 Å². The minimum atomic E-state index is -3.85. The number of benzene rings is 2. The molecule has 4 rings (SSSR count). The molecular weight excluding hydrogens is 424 g/mol. The normalized spacial score (nSPS) is 13.9. The number of hydrogen-bond donors (Lipinski definition) is 1. The summed E-state index contributed by atoms with van der Waals surface area (Å²) >= 11 is 1.10. The van der Waals surface area contributed by atoms with Gasteiger partial charge in [-0.1, -0.05) is 24.3 Å². The number of carbonyl (C=O) groups excluding carboxylic acids is 1. The fourth-order valence-corrected chi connectivity index (χ4v) is 5.79. The van der Waals surface area contributed by atoms with Crippen LogP contribution in [0.25, 0.3) is 0 Å². The molecule has 0 saturated carbocycles. The average molecular weight is 445 g/mol. The minimum Gasteiger partial charge on any atom is -0.497 e. The molecule has 1 N–H and O–H groups in total. The molecule has 2 aromatic carbocycles. The predicted molar refractivity (Wildman–Crippen MR) is 114 cm³/mol. The smallest absolute Gasteiger partial charge is 0.261 e. The molecule has 0 spiro atoms. The van der Waals surface area contributed by atoms with Crippen LogP contribution in [0.1, 0.15) is 20.8 Å². The number of para-hydroxylation sites is 1. The highest BCUT2D eigenvalue weighted by Crippen LogP contribution is 2.37. The molecule has 0 bridgehead atoms. The van der Waals surface area contributed by atoms with Crippen molar-refractivity contribution in [2.45, 2.75) is 18.0 Å². The van der Waals surface area contributed by atoms with Crippen molar-refractivity contribution in [3.8, 4) is 17.2 Å². The molecule has 1 aliphatic rings. The molecule has 30 heavy (non-hydrogen) atoms. The molecule has 0 atom stereocenters. The van der Waals surface area contributed by atoms with E-state index in [1.807, 2.05) is 24.3 Å². The van der Waals surface area contributed by atoms with Gasteiger partial charge in [0.25, 0.3) is 5.91 Å². The number of nitrogens with one attached hydrogen (secondary N) is 1. The van der Waals surface area contributed by atoms with Crippen molar-refractivity contribution in [2.24, 2.45) is 0 Å². The molecule has 0 aliphatic carbocycles. The number of sulfonamides is 1. The Kier molecular flexibility index (Phi) is 5.50. The standard InChI is InChI=1S/C21H20N2O5S2/c1-22-21(24)20-10-17(13-29-20)30(25,26)23-11-14-5-3-4-6-18(14)28-19-9-16(27-2)8-7-15(19)12-23/h3-10,13H,11-12H2,1-2H3,(H,22,24). The number of amides is 1. The third-order valence-corrected chi connectivity index (χ3v) is 7.67. The first kappa shape index (κ1) is 20.4. The highest BCUT2D eigenvalue weighted by Gasteiger charge is 2.30. The van der Waals surface area contributed by atoms with Gasteiger partial charge in [-0.3, -0.25) is 4.79 Å². The highest BCUT2D eigenvalue weighted by atomic mass is 32.2. The van der Waals surface area contributed by atoms with Crippen molar-refractivity contribution in [2.75, 3.05) is 14.2 Å². The molecule has 1 aliphatic heterocycles. The Labute approximate surface area is 178 Å². The second kappa shape index (κ2) is 8.10. The number of fused-ring (bicyclic) bond motifs is 2. The third-order valence-electron chi connectivity index (χ3n) is 4.82.